The molecule has 19 heavy (non-hydrogen) atoms. The molecule has 0 aliphatic heterocycles. The first kappa shape index (κ1) is 13.0. The van der Waals surface area contributed by atoms with Gasteiger partial charge in [-0.3, -0.25) is 0 Å². The highest BCUT2D eigenvalue weighted by molar-refractivity contribution is 9.10. The van der Waals surface area contributed by atoms with E-state index in [0.717, 1.165) is 25.3 Å². The maximum Gasteiger partial charge on any atom is 0.178 e. The molecule has 0 saturated heterocycles. The van der Waals surface area contributed by atoms with E-state index < -0.39 is 0 Å². The topological polar surface area (TPSA) is 33.6 Å². The van der Waals surface area contributed by atoms with Crippen LogP contribution >= 0.6 is 39.5 Å². The summed E-state index contributed by atoms with van der Waals surface area (Å²) in [6, 6.07) is 6.28. The van der Waals surface area contributed by atoms with E-state index in [-0.39, 0.29) is 6.04 Å². The monoisotopic (exact) mass is 353 g/mol. The Morgan fingerprint density at radius 3 is 2.95 bits per heavy atom. The van der Waals surface area contributed by atoms with Gasteiger partial charge in [0.25, 0.3) is 0 Å². The molecule has 0 aliphatic rings. The van der Waals surface area contributed by atoms with Crippen LogP contribution in [0.5, 0.6) is 0 Å². The maximum atomic E-state index is 5.45. The lowest BCUT2D eigenvalue weighted by Crippen LogP contribution is -2.06. The smallest absolute Gasteiger partial charge is 0.178 e. The lowest BCUT2D eigenvalue weighted by molar-refractivity contribution is 0.644. The quantitative estimate of drug-likeness (QED) is 0.669. The van der Waals surface area contributed by atoms with Crippen molar-refractivity contribution in [2.75, 3.05) is 0 Å². The molecule has 0 fully saturated rings. The summed E-state index contributed by atoms with van der Waals surface area (Å²) < 4.78 is 3.89. The highest BCUT2D eigenvalue weighted by atomic mass is 79.9. The fourth-order valence-corrected chi connectivity index (χ4v) is 3.71. The summed E-state index contributed by atoms with van der Waals surface area (Å²) in [5.74, 6) is 0. The number of H-pyrrole nitrogens is 1. The van der Waals surface area contributed by atoms with E-state index in [4.69, 9.17) is 12.2 Å². The van der Waals surface area contributed by atoms with Gasteiger partial charge in [-0.25, -0.2) is 4.98 Å². The third-order valence-corrected chi connectivity index (χ3v) is 4.94. The Hall–Kier alpha value is -0.980. The van der Waals surface area contributed by atoms with Crippen LogP contribution in [0.4, 0.5) is 0 Å². The number of hydrogen-bond acceptors (Lipinski definition) is 3. The third kappa shape index (κ3) is 2.28. The fraction of sp³-hybridized carbons (Fsp3) is 0.231. The van der Waals surface area contributed by atoms with Crippen LogP contribution in [0, 0.1) is 11.7 Å². The lowest BCUT2D eigenvalue weighted by Gasteiger charge is -2.11. The molecule has 1 N–H and O–H groups in total. The number of aromatic amines is 1. The second-order valence-corrected chi connectivity index (χ2v) is 7.02. The summed E-state index contributed by atoms with van der Waals surface area (Å²) in [7, 11) is 0. The molecule has 3 nitrogen and oxygen atoms in total. The molecule has 0 bridgehead atoms. The largest absolute Gasteiger partial charge is 0.331 e. The van der Waals surface area contributed by atoms with Crippen molar-refractivity contribution in [2.45, 2.75) is 19.9 Å². The zero-order valence-corrected chi connectivity index (χ0v) is 13.7. The van der Waals surface area contributed by atoms with Gasteiger partial charge >= 0.3 is 0 Å². The molecule has 2 heterocycles. The number of aromatic nitrogens is 3. The van der Waals surface area contributed by atoms with E-state index in [2.05, 4.69) is 50.4 Å². The molecule has 0 amide bonds. The first-order chi connectivity index (χ1) is 9.06. The molecule has 3 rings (SSSR count). The maximum absolute atomic E-state index is 5.45. The van der Waals surface area contributed by atoms with Gasteiger partial charge < -0.3 is 9.55 Å². The molecule has 0 saturated carbocycles. The number of hydrogen-bond donors (Lipinski definition) is 1. The molecular weight excluding hydrogens is 342 g/mol. The van der Waals surface area contributed by atoms with E-state index in [1.165, 1.54) is 4.88 Å². The van der Waals surface area contributed by atoms with Crippen molar-refractivity contribution >= 4 is 50.5 Å². The van der Waals surface area contributed by atoms with Crippen molar-refractivity contribution in [3.8, 4) is 0 Å². The number of rotatable bonds is 2. The minimum absolute atomic E-state index is 0.140. The second kappa shape index (κ2) is 4.85. The van der Waals surface area contributed by atoms with Crippen LogP contribution in [0.3, 0.4) is 0 Å². The second-order valence-electron chi connectivity index (χ2n) is 4.45. The summed E-state index contributed by atoms with van der Waals surface area (Å²) in [5.41, 5.74) is 2.15. The van der Waals surface area contributed by atoms with Crippen LogP contribution in [0.15, 0.2) is 28.9 Å². The number of halogens is 1. The predicted octanol–water partition coefficient (Wildman–Crippen LogP) is 4.84. The van der Waals surface area contributed by atoms with Crippen LogP contribution in [0.25, 0.3) is 11.0 Å². The Kier molecular flexibility index (Phi) is 3.32. The molecule has 6 heteroatoms. The van der Waals surface area contributed by atoms with Crippen LogP contribution in [-0.4, -0.2) is 14.5 Å². The minimum Gasteiger partial charge on any atom is -0.331 e. The van der Waals surface area contributed by atoms with Crippen LogP contribution in [-0.2, 0) is 0 Å². The Labute approximate surface area is 128 Å². The standard InChI is InChI=1S/C13H12BrN3S2/c1-7-6-15-12(19-7)8(2)17-11-4-3-9(14)5-10(11)16-13(17)18/h3-6,8H,1-2H3,(H,16,18). The molecule has 3 aromatic rings. The van der Waals surface area contributed by atoms with Crippen molar-refractivity contribution in [3.63, 3.8) is 0 Å². The van der Waals surface area contributed by atoms with Crippen molar-refractivity contribution in [1.29, 1.82) is 0 Å². The Balaban J connectivity index is 2.19. The zero-order valence-electron chi connectivity index (χ0n) is 10.5. The highest BCUT2D eigenvalue weighted by Gasteiger charge is 2.15. The number of nitrogens with zero attached hydrogens (tertiary/aromatic N) is 2. The molecule has 0 radical (unpaired) electrons. The SMILES string of the molecule is Cc1cnc(C(C)n2c(=S)[nH]c3cc(Br)ccc32)s1. The number of thiazole rings is 1. The lowest BCUT2D eigenvalue weighted by atomic mass is 10.3. The summed E-state index contributed by atoms with van der Waals surface area (Å²) in [6.45, 7) is 4.20. The van der Waals surface area contributed by atoms with E-state index >= 15 is 0 Å². The fourth-order valence-electron chi connectivity index (χ4n) is 2.16. The Bertz CT molecular complexity index is 800. The number of fused-ring (bicyclic) bond motifs is 1. The van der Waals surface area contributed by atoms with Gasteiger partial charge in [0.1, 0.15) is 5.01 Å². The Morgan fingerprint density at radius 1 is 1.47 bits per heavy atom. The first-order valence-corrected chi connectivity index (χ1v) is 7.90. The number of benzene rings is 1. The van der Waals surface area contributed by atoms with Gasteiger partial charge in [0.2, 0.25) is 0 Å². The van der Waals surface area contributed by atoms with Crippen molar-refractivity contribution < 1.29 is 0 Å². The average Bonchev–Trinajstić information content (AvgIpc) is 2.91. The van der Waals surface area contributed by atoms with Gasteiger partial charge in [-0.1, -0.05) is 15.9 Å². The highest BCUT2D eigenvalue weighted by Crippen LogP contribution is 2.28. The van der Waals surface area contributed by atoms with E-state index in [0.29, 0.717) is 0 Å². The van der Waals surface area contributed by atoms with Crippen molar-refractivity contribution in [3.05, 3.63) is 43.5 Å². The molecular formula is C13H12BrN3S2. The van der Waals surface area contributed by atoms with Gasteiger partial charge in [-0.05, 0) is 44.3 Å². The van der Waals surface area contributed by atoms with Crippen molar-refractivity contribution in [2.24, 2.45) is 0 Å². The summed E-state index contributed by atoms with van der Waals surface area (Å²) in [6.07, 6.45) is 1.91. The number of imidazole rings is 1. The first-order valence-electron chi connectivity index (χ1n) is 5.88. The minimum atomic E-state index is 0.140. The average molecular weight is 354 g/mol. The third-order valence-electron chi connectivity index (χ3n) is 3.06. The number of aryl methyl sites for hydroxylation is 1. The molecule has 2 aromatic heterocycles. The zero-order chi connectivity index (χ0) is 13.6. The Morgan fingerprint density at radius 2 is 2.26 bits per heavy atom. The van der Waals surface area contributed by atoms with Crippen LogP contribution in [0.1, 0.15) is 22.9 Å². The van der Waals surface area contributed by atoms with Gasteiger partial charge in [-0.15, -0.1) is 11.3 Å². The van der Waals surface area contributed by atoms with Gasteiger partial charge in [0, 0.05) is 15.5 Å². The summed E-state index contributed by atoms with van der Waals surface area (Å²) in [5, 5.41) is 1.08. The molecule has 1 atom stereocenters. The van der Waals surface area contributed by atoms with Gasteiger partial charge in [-0.2, -0.15) is 0 Å². The molecule has 0 aliphatic carbocycles. The van der Waals surface area contributed by atoms with Crippen LogP contribution < -0.4 is 0 Å². The van der Waals surface area contributed by atoms with E-state index in [9.17, 15) is 0 Å². The van der Waals surface area contributed by atoms with Crippen molar-refractivity contribution in [1.82, 2.24) is 14.5 Å². The molecule has 1 aromatic carbocycles. The van der Waals surface area contributed by atoms with E-state index in [1.807, 2.05) is 18.3 Å². The van der Waals surface area contributed by atoms with E-state index in [1.54, 1.807) is 11.3 Å². The normalized spacial score (nSPS) is 13.0. The summed E-state index contributed by atoms with van der Waals surface area (Å²) in [4.78, 5) is 8.93. The predicted molar refractivity (Wildman–Crippen MR) is 85.5 cm³/mol. The van der Waals surface area contributed by atoms with Gasteiger partial charge in [0.15, 0.2) is 4.77 Å². The molecule has 1 unspecified atom stereocenters. The van der Waals surface area contributed by atoms with Crippen LogP contribution in [0.2, 0.25) is 0 Å². The molecule has 0 spiro atoms. The van der Waals surface area contributed by atoms with Gasteiger partial charge in [0.05, 0.1) is 17.1 Å². The molecule has 98 valence electrons. The summed E-state index contributed by atoms with van der Waals surface area (Å²) >= 11 is 10.6. The number of nitrogens with one attached hydrogen (secondary N) is 1.